The van der Waals surface area contributed by atoms with Crippen molar-refractivity contribution < 1.29 is 27.1 Å². The van der Waals surface area contributed by atoms with Gasteiger partial charge in [0.2, 0.25) is 0 Å². The Labute approximate surface area is 250 Å². The summed E-state index contributed by atoms with van der Waals surface area (Å²) in [5.41, 5.74) is 0. The minimum atomic E-state index is -2.05. The molecule has 0 bridgehead atoms. The number of carbonyl (C=O) groups excluding carboxylic acids is 2. The third kappa shape index (κ3) is 15.9. The summed E-state index contributed by atoms with van der Waals surface area (Å²) >= 11 is 9.54. The van der Waals surface area contributed by atoms with Crippen molar-refractivity contribution in [2.75, 3.05) is 52.8 Å². The maximum atomic E-state index is 11.9. The first kappa shape index (κ1) is 37.1. The standard InChI is InChI=1S/C11H21NO2S.C10H19NO.I3.I2/c1-5-9-6-12(2)7-10(9)11(13)8-15(3,4)14;1-4-8-6-11(3)7-9(8)10(12)5-2;1-3-2;1-2/h8-10H,5-7H2,1-4H3;8-9H,4-7H2,1-3H3;;/q;;-1;/t9-,10?;8-,9?;;/m11../s1. The van der Waals surface area contributed by atoms with Crippen LogP contribution in [-0.2, 0) is 19.1 Å². The van der Waals surface area contributed by atoms with Crippen LogP contribution in [-0.4, -0.2) is 83.7 Å². The van der Waals surface area contributed by atoms with Crippen LogP contribution in [0.15, 0.2) is 0 Å². The molecule has 0 aromatic carbocycles. The number of ketones is 2. The Hall–Kier alpha value is 2.93. The van der Waals surface area contributed by atoms with Gasteiger partial charge in [-0.25, -0.2) is 0 Å². The molecule has 2 heterocycles. The summed E-state index contributed by atoms with van der Waals surface area (Å²) in [5.74, 6) is 1.95. The predicted molar refractivity (Wildman–Crippen MR) is 172 cm³/mol. The van der Waals surface area contributed by atoms with Crippen molar-refractivity contribution in [3.8, 4) is 0 Å². The first-order valence-corrected chi connectivity index (χ1v) is 32.0. The van der Waals surface area contributed by atoms with Crippen molar-refractivity contribution in [3.05, 3.63) is 0 Å². The van der Waals surface area contributed by atoms with Crippen LogP contribution in [0.5, 0.6) is 0 Å². The van der Waals surface area contributed by atoms with Crippen LogP contribution in [0.1, 0.15) is 40.0 Å². The molecule has 2 unspecified atom stereocenters. The molecular weight excluding hydrogens is 995 g/mol. The fraction of sp³-hybridized carbons (Fsp3) is 0.857. The first-order chi connectivity index (χ1) is 14.9. The minimum absolute atomic E-state index is 0.0562. The zero-order valence-electron chi connectivity index (χ0n) is 20.3. The van der Waals surface area contributed by atoms with Crippen molar-refractivity contribution in [3.63, 3.8) is 0 Å². The molecule has 0 N–H and O–H groups in total. The van der Waals surface area contributed by atoms with Gasteiger partial charge in [0, 0.05) is 99.5 Å². The molecule has 32 heavy (non-hydrogen) atoms. The Morgan fingerprint density at radius 2 is 1.28 bits per heavy atom. The van der Waals surface area contributed by atoms with Gasteiger partial charge in [-0.3, -0.25) is 13.8 Å². The molecular formula is C21H40I5N2O3S-. The van der Waals surface area contributed by atoms with E-state index in [-0.39, 0.29) is 11.7 Å². The fourth-order valence-electron chi connectivity index (χ4n) is 4.32. The van der Waals surface area contributed by atoms with Crippen molar-refractivity contribution in [2.45, 2.75) is 40.0 Å². The second kappa shape index (κ2) is 20.9. The second-order valence-corrected chi connectivity index (χ2v) is 27.8. The van der Waals surface area contributed by atoms with E-state index >= 15 is 0 Å². The van der Waals surface area contributed by atoms with Crippen LogP contribution >= 0.6 is 74.5 Å². The molecule has 0 radical (unpaired) electrons. The van der Waals surface area contributed by atoms with Crippen LogP contribution < -0.4 is 13.3 Å². The number of likely N-dealkylation sites (tertiary alicyclic amines) is 2. The Bertz CT molecular complexity index is 651. The third-order valence-electron chi connectivity index (χ3n) is 5.82. The Balaban J connectivity index is 0. The number of rotatable bonds is 6. The van der Waals surface area contributed by atoms with E-state index in [0.29, 0.717) is 43.2 Å². The van der Waals surface area contributed by atoms with Gasteiger partial charge in [-0.2, -0.15) is 0 Å². The average molecular weight is 1040 g/mol. The molecule has 4 atom stereocenters. The molecule has 0 aromatic rings. The summed E-state index contributed by atoms with van der Waals surface area (Å²) in [4.78, 5) is 27.9. The number of carbonyl (C=O) groups is 2. The summed E-state index contributed by atoms with van der Waals surface area (Å²) in [6.07, 6.45) is 6.09. The quantitative estimate of drug-likeness (QED) is 0.303. The van der Waals surface area contributed by atoms with Crippen LogP contribution in [0.4, 0.5) is 0 Å². The Morgan fingerprint density at radius 1 is 0.906 bits per heavy atom. The maximum absolute atomic E-state index is 11.9. The van der Waals surface area contributed by atoms with Gasteiger partial charge in [0.05, 0.1) is 0 Å². The predicted octanol–water partition coefficient (Wildman–Crippen LogP) is 2.59. The molecule has 2 fully saturated rings. The molecule has 0 saturated carbocycles. The van der Waals surface area contributed by atoms with Gasteiger partial charge >= 0.3 is 50.5 Å². The third-order valence-corrected chi connectivity index (χ3v) is 6.62. The fourth-order valence-corrected chi connectivity index (χ4v) is 5.05. The van der Waals surface area contributed by atoms with Crippen molar-refractivity contribution in [1.29, 1.82) is 0 Å². The first-order valence-electron chi connectivity index (χ1n) is 10.7. The number of hydrogen-bond acceptors (Lipinski definition) is 5. The SMILES string of the molecule is CCC(=O)C1CN(C)C[C@H]1CC.CC[C@@H]1CN(C)CC1C(=O)C=S(C)(C)=O.II.I[I-]I. The summed E-state index contributed by atoms with van der Waals surface area (Å²) in [6.45, 7) is 10.1. The number of nitrogens with zero attached hydrogens (tertiary/aromatic N) is 2. The molecule has 0 aliphatic carbocycles. The van der Waals surface area contributed by atoms with E-state index < -0.39 is 9.52 Å². The van der Waals surface area contributed by atoms with E-state index in [0.717, 1.165) is 39.0 Å². The summed E-state index contributed by atoms with van der Waals surface area (Å²) < 4.78 is 11.5. The summed E-state index contributed by atoms with van der Waals surface area (Å²) in [6, 6.07) is 0. The van der Waals surface area contributed by atoms with E-state index in [4.69, 9.17) is 0 Å². The summed E-state index contributed by atoms with van der Waals surface area (Å²) in [7, 11) is 2.08. The van der Waals surface area contributed by atoms with Gasteiger partial charge < -0.3 is 9.80 Å². The summed E-state index contributed by atoms with van der Waals surface area (Å²) in [5, 5.41) is 1.43. The normalized spacial score (nSPS) is 25.6. The molecule has 2 rings (SSSR count). The molecule has 11 heteroatoms. The van der Waals surface area contributed by atoms with Gasteiger partial charge in [0.15, 0.2) is 5.78 Å². The van der Waals surface area contributed by atoms with Crippen LogP contribution in [0.3, 0.4) is 0 Å². The van der Waals surface area contributed by atoms with Crippen molar-refractivity contribution in [1.82, 2.24) is 9.80 Å². The average Bonchev–Trinajstić information content (AvgIpc) is 3.30. The van der Waals surface area contributed by atoms with Gasteiger partial charge in [-0.1, -0.05) is 33.6 Å². The number of Topliss-reactive ketones (excluding diaryl/α,β-unsaturated/α-hetero) is 2. The van der Waals surface area contributed by atoms with Crippen LogP contribution in [0, 0.1) is 23.7 Å². The molecule has 0 spiro atoms. The van der Waals surface area contributed by atoms with Crippen LogP contribution in [0.2, 0.25) is 0 Å². The second-order valence-electron chi connectivity index (χ2n) is 8.70. The van der Waals surface area contributed by atoms with E-state index in [9.17, 15) is 13.8 Å². The molecule has 0 amide bonds. The van der Waals surface area contributed by atoms with Gasteiger partial charge in [0.1, 0.15) is 5.78 Å². The monoisotopic (exact) mass is 1030 g/mol. The number of hydrogen-bond donors (Lipinski definition) is 0. The van der Waals surface area contributed by atoms with Crippen molar-refractivity contribution >= 4 is 101 Å². The van der Waals surface area contributed by atoms with E-state index in [2.05, 4.69) is 105 Å². The molecule has 2 saturated heterocycles. The van der Waals surface area contributed by atoms with Gasteiger partial charge in [-0.05, 0) is 35.5 Å². The molecule has 5 nitrogen and oxygen atoms in total. The van der Waals surface area contributed by atoms with Gasteiger partial charge in [0.25, 0.3) is 0 Å². The molecule has 2 aliphatic heterocycles. The molecule has 194 valence electrons. The van der Waals surface area contributed by atoms with Gasteiger partial charge in [-0.15, -0.1) is 0 Å². The van der Waals surface area contributed by atoms with E-state index in [1.807, 2.05) is 14.0 Å². The Morgan fingerprint density at radius 3 is 1.62 bits per heavy atom. The topological polar surface area (TPSA) is 57.7 Å². The van der Waals surface area contributed by atoms with Crippen molar-refractivity contribution in [2.24, 2.45) is 23.7 Å². The van der Waals surface area contributed by atoms with E-state index in [1.54, 1.807) is 12.5 Å². The molecule has 0 aromatic heterocycles. The van der Waals surface area contributed by atoms with E-state index in [1.165, 1.54) is 5.37 Å². The number of halogens is 5. The molecule has 2 aliphatic rings. The zero-order valence-corrected chi connectivity index (χ0v) is 31.9. The van der Waals surface area contributed by atoms with Crippen LogP contribution in [0.25, 0.3) is 0 Å². The zero-order chi connectivity index (χ0) is 25.5. The Kier molecular flexibility index (Phi) is 24.3.